The topological polar surface area (TPSA) is 127 Å². The van der Waals surface area contributed by atoms with Crippen LogP contribution >= 0.6 is 0 Å². The highest BCUT2D eigenvalue weighted by molar-refractivity contribution is 5.89. The van der Waals surface area contributed by atoms with E-state index in [1.54, 1.807) is 0 Å². The molecule has 0 unspecified atom stereocenters. The molecule has 0 saturated heterocycles. The van der Waals surface area contributed by atoms with Gasteiger partial charge < -0.3 is 33.5 Å². The van der Waals surface area contributed by atoms with Gasteiger partial charge in [-0.3, -0.25) is 0 Å². The van der Waals surface area contributed by atoms with E-state index in [1.807, 2.05) is 0 Å². The van der Waals surface area contributed by atoms with Gasteiger partial charge in [0.2, 0.25) is 0 Å². The normalized spacial score (nSPS) is 10.6. The van der Waals surface area contributed by atoms with E-state index in [0.717, 1.165) is 0 Å². The summed E-state index contributed by atoms with van der Waals surface area (Å²) in [6, 6.07) is 0. The number of carbonyl (C=O) groups is 3. The highest BCUT2D eigenvalue weighted by Gasteiger charge is 2.36. The summed E-state index contributed by atoms with van der Waals surface area (Å²) in [4.78, 5) is 36.9. The Kier molecular flexibility index (Phi) is 17.2. The van der Waals surface area contributed by atoms with Gasteiger partial charge in [-0.1, -0.05) is 38.0 Å². The lowest BCUT2D eigenvalue weighted by Crippen LogP contribution is -2.43. The summed E-state index contributed by atoms with van der Waals surface area (Å²) < 4.78 is 31.2. The molecule has 0 aromatic carbocycles. The van der Waals surface area contributed by atoms with Gasteiger partial charge in [0.05, 0.1) is 68.4 Å². The zero-order valence-electron chi connectivity index (χ0n) is 20.7. The third-order valence-corrected chi connectivity index (χ3v) is 4.27. The third kappa shape index (κ3) is 13.5. The monoisotopic (exact) mass is 508 g/mol. The molecule has 0 saturated carbocycles. The molecule has 0 aromatic rings. The molecule has 0 aliphatic heterocycles. The van der Waals surface area contributed by atoms with Crippen molar-refractivity contribution in [2.45, 2.75) is 0 Å². The van der Waals surface area contributed by atoms with E-state index < -0.39 is 49.8 Å². The van der Waals surface area contributed by atoms with Gasteiger partial charge in [0.25, 0.3) is 0 Å². The van der Waals surface area contributed by atoms with Gasteiger partial charge in [-0.2, -0.15) is 0 Å². The summed E-state index contributed by atoms with van der Waals surface area (Å²) in [5.74, 6) is -2.42. The molecule has 0 aliphatic carbocycles. The van der Waals surface area contributed by atoms with E-state index in [0.29, 0.717) is 0 Å². The Labute approximate surface area is 212 Å². The standard InChI is InChI=1S/C26H36O10/c1-7-10-31-13-20(4)23(28)34-17-26(16-27,18-35-24(29)21(5)14-32-11-8-2)19-36-25(30)22(6)15-33-12-9-3/h7-9,27H,1-6,10-19H2. The van der Waals surface area contributed by atoms with Gasteiger partial charge in [0.1, 0.15) is 19.8 Å². The minimum Gasteiger partial charge on any atom is -0.461 e. The lowest BCUT2D eigenvalue weighted by atomic mass is 9.92. The number of hydrogen-bond acceptors (Lipinski definition) is 10. The quantitative estimate of drug-likeness (QED) is 0.0761. The molecule has 0 fully saturated rings. The van der Waals surface area contributed by atoms with Crippen molar-refractivity contribution in [3.63, 3.8) is 0 Å². The van der Waals surface area contributed by atoms with Crippen LogP contribution in [0.15, 0.2) is 74.4 Å². The first kappa shape index (κ1) is 32.7. The SMILES string of the molecule is C=CCOCC(=C)C(=O)OCC(CO)(COC(=O)C(=C)COCC=C)COC(=O)C(=C)COCC=C. The molecule has 0 rings (SSSR count). The average Bonchev–Trinajstić information content (AvgIpc) is 2.88. The van der Waals surface area contributed by atoms with E-state index in [2.05, 4.69) is 39.5 Å². The summed E-state index contributed by atoms with van der Waals surface area (Å²) >= 11 is 0. The molecule has 0 spiro atoms. The van der Waals surface area contributed by atoms with Crippen LogP contribution in [0.4, 0.5) is 0 Å². The van der Waals surface area contributed by atoms with Crippen molar-refractivity contribution < 1.29 is 47.9 Å². The number of aliphatic hydroxyl groups excluding tert-OH is 1. The van der Waals surface area contributed by atoms with E-state index >= 15 is 0 Å². The van der Waals surface area contributed by atoms with Crippen LogP contribution in [-0.4, -0.2) is 89.1 Å². The minimum atomic E-state index is -1.49. The van der Waals surface area contributed by atoms with Crippen molar-refractivity contribution in [3.05, 3.63) is 74.4 Å². The fourth-order valence-electron chi connectivity index (χ4n) is 2.20. The van der Waals surface area contributed by atoms with Crippen molar-refractivity contribution in [1.82, 2.24) is 0 Å². The van der Waals surface area contributed by atoms with Crippen molar-refractivity contribution in [2.75, 3.05) is 66.1 Å². The maximum absolute atomic E-state index is 12.3. The Morgan fingerprint density at radius 3 is 1.11 bits per heavy atom. The van der Waals surface area contributed by atoms with Crippen molar-refractivity contribution in [2.24, 2.45) is 5.41 Å². The molecule has 0 radical (unpaired) electrons. The van der Waals surface area contributed by atoms with Crippen molar-refractivity contribution in [1.29, 1.82) is 0 Å². The Balaban J connectivity index is 5.29. The van der Waals surface area contributed by atoms with Gasteiger partial charge >= 0.3 is 17.9 Å². The van der Waals surface area contributed by atoms with Crippen LogP contribution in [0.1, 0.15) is 0 Å². The molecule has 36 heavy (non-hydrogen) atoms. The van der Waals surface area contributed by atoms with Gasteiger partial charge in [-0.15, -0.1) is 19.7 Å². The summed E-state index contributed by atoms with van der Waals surface area (Å²) in [5.41, 5.74) is -1.46. The number of esters is 3. The summed E-state index contributed by atoms with van der Waals surface area (Å²) in [5, 5.41) is 10.1. The molecule has 0 heterocycles. The number of hydrogen-bond donors (Lipinski definition) is 1. The average molecular weight is 509 g/mol. The lowest BCUT2D eigenvalue weighted by molar-refractivity contribution is -0.161. The fraction of sp³-hybridized carbons (Fsp3) is 0.423. The highest BCUT2D eigenvalue weighted by atomic mass is 16.6. The van der Waals surface area contributed by atoms with Crippen LogP contribution in [0.2, 0.25) is 0 Å². The molecule has 1 N–H and O–H groups in total. The largest absolute Gasteiger partial charge is 0.461 e. The predicted octanol–water partition coefficient (Wildman–Crippen LogP) is 1.87. The molecular formula is C26H36O10. The van der Waals surface area contributed by atoms with E-state index in [1.165, 1.54) is 18.2 Å². The van der Waals surface area contributed by atoms with Crippen LogP contribution in [-0.2, 0) is 42.8 Å². The Bertz CT molecular complexity index is 709. The predicted molar refractivity (Wildman–Crippen MR) is 133 cm³/mol. The number of carbonyl (C=O) groups excluding carboxylic acids is 3. The van der Waals surface area contributed by atoms with Crippen LogP contribution in [0, 0.1) is 5.41 Å². The number of rotatable bonds is 22. The molecule has 200 valence electrons. The Hall–Kier alpha value is -3.31. The first-order chi connectivity index (χ1) is 17.2. The second kappa shape index (κ2) is 18.9. The van der Waals surface area contributed by atoms with Gasteiger partial charge in [-0.05, 0) is 0 Å². The molecule has 10 heteroatoms. The molecular weight excluding hydrogens is 472 g/mol. The third-order valence-electron chi connectivity index (χ3n) is 4.27. The molecule has 10 nitrogen and oxygen atoms in total. The van der Waals surface area contributed by atoms with E-state index in [4.69, 9.17) is 28.4 Å². The molecule has 0 bridgehead atoms. The Morgan fingerprint density at radius 2 is 0.889 bits per heavy atom. The minimum absolute atomic E-state index is 0.0122. The van der Waals surface area contributed by atoms with Crippen LogP contribution in [0.25, 0.3) is 0 Å². The van der Waals surface area contributed by atoms with Crippen molar-refractivity contribution >= 4 is 17.9 Å². The number of aliphatic hydroxyl groups is 1. The fourth-order valence-corrected chi connectivity index (χ4v) is 2.20. The second-order valence-electron chi connectivity index (χ2n) is 7.61. The van der Waals surface area contributed by atoms with Crippen molar-refractivity contribution in [3.8, 4) is 0 Å². The van der Waals surface area contributed by atoms with E-state index in [9.17, 15) is 19.5 Å². The maximum Gasteiger partial charge on any atom is 0.335 e. The summed E-state index contributed by atoms with van der Waals surface area (Å²) in [6.45, 7) is 19.5. The molecule has 0 atom stereocenters. The molecule has 0 aromatic heterocycles. The smallest absolute Gasteiger partial charge is 0.335 e. The molecule has 0 amide bonds. The van der Waals surface area contributed by atoms with Gasteiger partial charge in [0, 0.05) is 0 Å². The summed E-state index contributed by atoms with van der Waals surface area (Å²) in [7, 11) is 0. The molecule has 0 aliphatic rings. The second-order valence-corrected chi connectivity index (χ2v) is 7.61. The van der Waals surface area contributed by atoms with Gasteiger partial charge in [-0.25, -0.2) is 14.4 Å². The zero-order valence-corrected chi connectivity index (χ0v) is 20.7. The maximum atomic E-state index is 12.3. The highest BCUT2D eigenvalue weighted by Crippen LogP contribution is 2.21. The van der Waals surface area contributed by atoms with E-state index in [-0.39, 0.29) is 56.4 Å². The van der Waals surface area contributed by atoms with Crippen LogP contribution in [0.5, 0.6) is 0 Å². The first-order valence-corrected chi connectivity index (χ1v) is 10.9. The van der Waals surface area contributed by atoms with Gasteiger partial charge in [0.15, 0.2) is 0 Å². The first-order valence-electron chi connectivity index (χ1n) is 10.9. The number of ether oxygens (including phenoxy) is 6. The van der Waals surface area contributed by atoms with Crippen LogP contribution < -0.4 is 0 Å². The summed E-state index contributed by atoms with van der Waals surface area (Å²) in [6.07, 6.45) is 4.51. The van der Waals surface area contributed by atoms with Crippen LogP contribution in [0.3, 0.4) is 0 Å². The lowest BCUT2D eigenvalue weighted by Gasteiger charge is -2.30. The Morgan fingerprint density at radius 1 is 0.611 bits per heavy atom. The zero-order chi connectivity index (χ0) is 27.4.